The molecule has 4 heterocycles. The molecule has 2 aromatic heterocycles. The molecule has 2 aromatic carbocycles. The van der Waals surface area contributed by atoms with Crippen molar-refractivity contribution in [1.82, 2.24) is 40.2 Å². The number of aryl methyl sites for hydroxylation is 2. The predicted octanol–water partition coefficient (Wildman–Crippen LogP) is 2.81. The molecule has 2 aliphatic heterocycles. The number of benzene rings is 2. The molecule has 0 unspecified atom stereocenters. The minimum atomic E-state index is -0.761. The van der Waals surface area contributed by atoms with Crippen LogP contribution in [0.2, 0.25) is 0 Å². The van der Waals surface area contributed by atoms with Crippen molar-refractivity contribution in [2.75, 3.05) is 39.3 Å². The molecule has 2 saturated heterocycles. The Hall–Kier alpha value is -5.53. The third-order valence-electron chi connectivity index (χ3n) is 8.98. The predicted molar refractivity (Wildman–Crippen MR) is 177 cm³/mol. The van der Waals surface area contributed by atoms with Gasteiger partial charge in [0, 0.05) is 38.3 Å². The second kappa shape index (κ2) is 15.1. The second-order valence-corrected chi connectivity index (χ2v) is 12.3. The number of hydrogen-bond donors (Lipinski definition) is 1. The molecule has 14 heteroatoms. The summed E-state index contributed by atoms with van der Waals surface area (Å²) in [7, 11) is 0. The maximum atomic E-state index is 14.0. The Labute approximate surface area is 284 Å². The average molecular weight is 669 g/mol. The molecule has 256 valence electrons. The average Bonchev–Trinajstić information content (AvgIpc) is 3.88. The molecule has 2 fully saturated rings. The maximum absolute atomic E-state index is 14.0. The number of rotatable bonds is 6. The van der Waals surface area contributed by atoms with Crippen molar-refractivity contribution in [3.8, 4) is 11.4 Å². The second-order valence-electron chi connectivity index (χ2n) is 12.3. The van der Waals surface area contributed by atoms with E-state index >= 15 is 0 Å². The molecule has 0 spiro atoms. The van der Waals surface area contributed by atoms with Crippen LogP contribution in [0.25, 0.3) is 5.69 Å². The van der Waals surface area contributed by atoms with Crippen LogP contribution in [-0.4, -0.2) is 110 Å². The molecule has 0 radical (unpaired) electrons. The van der Waals surface area contributed by atoms with Crippen LogP contribution in [0, 0.1) is 13.8 Å². The molecule has 2 aliphatic rings. The highest BCUT2D eigenvalue weighted by atomic mass is 16.5. The highest BCUT2D eigenvalue weighted by Gasteiger charge is 2.43. The van der Waals surface area contributed by atoms with Gasteiger partial charge in [-0.1, -0.05) is 18.2 Å². The lowest BCUT2D eigenvalue weighted by Crippen LogP contribution is -2.47. The monoisotopic (exact) mass is 668 g/mol. The van der Waals surface area contributed by atoms with Gasteiger partial charge in [-0.25, -0.2) is 4.68 Å². The Kier molecular flexibility index (Phi) is 10.3. The van der Waals surface area contributed by atoms with E-state index in [1.165, 1.54) is 15.9 Å². The van der Waals surface area contributed by atoms with Crippen LogP contribution in [-0.2, 0) is 9.59 Å². The van der Waals surface area contributed by atoms with E-state index in [0.717, 1.165) is 5.69 Å². The van der Waals surface area contributed by atoms with Crippen molar-refractivity contribution >= 4 is 23.6 Å². The summed E-state index contributed by atoms with van der Waals surface area (Å²) in [4.78, 5) is 59.9. The van der Waals surface area contributed by atoms with Gasteiger partial charge in [0.2, 0.25) is 5.91 Å². The van der Waals surface area contributed by atoms with Gasteiger partial charge in [-0.05, 0) is 92.4 Å². The van der Waals surface area contributed by atoms with Crippen molar-refractivity contribution in [2.24, 2.45) is 0 Å². The number of nitrogens with one attached hydrogen (secondary N) is 1. The zero-order valence-electron chi connectivity index (χ0n) is 27.7. The van der Waals surface area contributed by atoms with Crippen LogP contribution in [0.15, 0.2) is 71.4 Å². The highest BCUT2D eigenvalue weighted by molar-refractivity contribution is 5.96. The molecule has 49 heavy (non-hydrogen) atoms. The molecule has 0 aliphatic carbocycles. The van der Waals surface area contributed by atoms with Crippen molar-refractivity contribution in [2.45, 2.75) is 51.6 Å². The fourth-order valence-electron chi connectivity index (χ4n) is 6.48. The lowest BCUT2D eigenvalue weighted by molar-refractivity contribution is -0.140. The number of furan rings is 1. The molecular formula is C35H40N8O6. The van der Waals surface area contributed by atoms with E-state index in [4.69, 9.17) is 9.15 Å². The van der Waals surface area contributed by atoms with E-state index in [9.17, 15) is 19.2 Å². The molecule has 2 atom stereocenters. The molecule has 6 rings (SSSR count). The fourth-order valence-corrected chi connectivity index (χ4v) is 6.48. The van der Waals surface area contributed by atoms with Crippen molar-refractivity contribution in [1.29, 1.82) is 0 Å². The van der Waals surface area contributed by atoms with Gasteiger partial charge in [0.05, 0.1) is 17.3 Å². The Morgan fingerprint density at radius 2 is 1.71 bits per heavy atom. The summed E-state index contributed by atoms with van der Waals surface area (Å²) in [5.41, 5.74) is 1.77. The minimum Gasteiger partial charge on any atom is -0.484 e. The van der Waals surface area contributed by atoms with Gasteiger partial charge in [-0.2, -0.15) is 0 Å². The number of aromatic nitrogens is 4. The molecule has 4 aromatic rings. The number of tetrazole rings is 1. The van der Waals surface area contributed by atoms with Gasteiger partial charge in [-0.3, -0.25) is 19.2 Å². The first-order valence-electron chi connectivity index (χ1n) is 16.5. The van der Waals surface area contributed by atoms with Crippen molar-refractivity contribution in [3.05, 3.63) is 89.6 Å². The van der Waals surface area contributed by atoms with Crippen LogP contribution in [0.5, 0.6) is 5.75 Å². The maximum Gasteiger partial charge on any atom is 0.261 e. The summed E-state index contributed by atoms with van der Waals surface area (Å²) in [6, 6.07) is 16.5. The van der Waals surface area contributed by atoms with E-state index in [-0.39, 0.29) is 43.2 Å². The van der Waals surface area contributed by atoms with Crippen LogP contribution < -0.4 is 10.1 Å². The summed E-state index contributed by atoms with van der Waals surface area (Å²) in [6.45, 7) is 5.15. The summed E-state index contributed by atoms with van der Waals surface area (Å²) in [6.07, 6.45) is 3.61. The first-order chi connectivity index (χ1) is 23.8. The number of fused-ring (bicyclic) bond motifs is 2. The smallest absolute Gasteiger partial charge is 0.261 e. The normalized spacial score (nSPS) is 18.9. The van der Waals surface area contributed by atoms with Crippen molar-refractivity contribution < 1.29 is 28.3 Å². The first kappa shape index (κ1) is 33.4. The Morgan fingerprint density at radius 3 is 2.43 bits per heavy atom. The third kappa shape index (κ3) is 7.79. The van der Waals surface area contributed by atoms with Crippen LogP contribution in [0.4, 0.5) is 0 Å². The number of hydrogen-bond acceptors (Lipinski definition) is 9. The topological polar surface area (TPSA) is 156 Å². The van der Waals surface area contributed by atoms with Gasteiger partial charge in [0.15, 0.2) is 6.61 Å². The van der Waals surface area contributed by atoms with E-state index in [2.05, 4.69) is 20.8 Å². The van der Waals surface area contributed by atoms with Gasteiger partial charge < -0.3 is 29.2 Å². The number of nitrogens with zero attached hydrogens (tertiary/aromatic N) is 7. The third-order valence-corrected chi connectivity index (χ3v) is 8.98. The number of carbonyl (C=O) groups excluding carboxylic acids is 4. The van der Waals surface area contributed by atoms with Crippen LogP contribution in [0.3, 0.4) is 0 Å². The highest BCUT2D eigenvalue weighted by Crippen LogP contribution is 2.26. The number of amides is 4. The zero-order chi connectivity index (χ0) is 34.3. The lowest BCUT2D eigenvalue weighted by Gasteiger charge is -2.31. The zero-order valence-corrected chi connectivity index (χ0v) is 27.7. The Bertz CT molecular complexity index is 1760. The van der Waals surface area contributed by atoms with Crippen molar-refractivity contribution in [3.63, 3.8) is 0 Å². The first-order valence-corrected chi connectivity index (χ1v) is 16.5. The minimum absolute atomic E-state index is 0.117. The molecule has 0 saturated carbocycles. The molecule has 2 bridgehead atoms. The summed E-state index contributed by atoms with van der Waals surface area (Å²) in [5, 5.41) is 14.1. The SMILES string of the molecule is Cc1cc(C(=O)N2CCCCNC(=O)[C@@H]3C[C@@H](CN3C(=O)COc3ccc(-n4cnnn4)cc3)N(C(=O)c3ccccc3)CCC2)c(C)o1. The largest absolute Gasteiger partial charge is 0.484 e. The van der Waals surface area contributed by atoms with Crippen LogP contribution in [0.1, 0.15) is 57.9 Å². The van der Waals surface area contributed by atoms with Gasteiger partial charge in [-0.15, -0.1) is 5.10 Å². The standard InChI is InChI=1S/C35H40N8O6/c1-24-19-30(25(2)49-24)35(47)40-16-7-6-15-36-33(45)31-20-28(41(18-8-17-40)34(46)26-9-4-3-5-10-26)21-42(31)32(44)22-48-29-13-11-27(12-14-29)43-23-37-38-39-43/h3-5,9-14,19,23,28,31H,6-8,15-18,20-22H2,1-2H3,(H,36,45)/t28-,31-/m0/s1. The summed E-state index contributed by atoms with van der Waals surface area (Å²) >= 11 is 0. The molecule has 1 N–H and O–H groups in total. The lowest BCUT2D eigenvalue weighted by atomic mass is 10.1. The number of ether oxygens (including phenoxy) is 1. The molecule has 4 amide bonds. The summed E-state index contributed by atoms with van der Waals surface area (Å²) < 4.78 is 13.0. The molecule has 14 nitrogen and oxygen atoms in total. The fraction of sp³-hybridized carbons (Fsp3) is 0.400. The number of likely N-dealkylation sites (tertiary alicyclic amines) is 1. The Balaban J connectivity index is 1.20. The summed E-state index contributed by atoms with van der Waals surface area (Å²) in [5.74, 6) is 0.778. The van der Waals surface area contributed by atoms with Crippen LogP contribution >= 0.6 is 0 Å². The van der Waals surface area contributed by atoms with E-state index in [1.54, 1.807) is 71.3 Å². The number of carbonyl (C=O) groups is 4. The van der Waals surface area contributed by atoms with Gasteiger partial charge >= 0.3 is 0 Å². The quantitative estimate of drug-likeness (QED) is 0.327. The van der Waals surface area contributed by atoms with E-state index < -0.39 is 12.1 Å². The van der Waals surface area contributed by atoms with Gasteiger partial charge in [0.1, 0.15) is 29.6 Å². The van der Waals surface area contributed by atoms with Gasteiger partial charge in [0.25, 0.3) is 17.7 Å². The Morgan fingerprint density at radius 1 is 0.939 bits per heavy atom. The van der Waals surface area contributed by atoms with E-state index in [1.807, 2.05) is 13.0 Å². The molecular weight excluding hydrogens is 628 g/mol. The van der Waals surface area contributed by atoms with E-state index in [0.29, 0.717) is 73.8 Å².